The molecule has 0 saturated carbocycles. The van der Waals surface area contributed by atoms with Crippen molar-refractivity contribution in [1.29, 1.82) is 0 Å². The lowest BCUT2D eigenvalue weighted by Crippen LogP contribution is -2.14. The summed E-state index contributed by atoms with van der Waals surface area (Å²) in [6.45, 7) is 4.70. The second kappa shape index (κ2) is 4.72. The van der Waals surface area contributed by atoms with Crippen LogP contribution < -0.4 is 11.3 Å². The molecule has 0 aliphatic heterocycles. The number of nitrogens with one attached hydrogen (secondary N) is 1. The molecule has 1 aromatic heterocycles. The predicted molar refractivity (Wildman–Crippen MR) is 71.4 cm³/mol. The molecule has 0 saturated heterocycles. The Labute approximate surface area is 101 Å². The summed E-state index contributed by atoms with van der Waals surface area (Å²) in [5, 5.41) is 1.11. The van der Waals surface area contributed by atoms with E-state index in [4.69, 9.17) is 5.73 Å². The Hall–Kier alpha value is -1.61. The first-order chi connectivity index (χ1) is 8.11. The van der Waals surface area contributed by atoms with E-state index in [1.54, 1.807) is 0 Å². The van der Waals surface area contributed by atoms with Gasteiger partial charge in [-0.05, 0) is 56.3 Å². The SMILES string of the molecule is Cc1cc(C)c2[nH]c(=O)c(CCCN)cc2c1. The molecule has 17 heavy (non-hydrogen) atoms. The molecule has 0 aliphatic rings. The summed E-state index contributed by atoms with van der Waals surface area (Å²) in [4.78, 5) is 14.8. The van der Waals surface area contributed by atoms with Crippen molar-refractivity contribution in [1.82, 2.24) is 4.98 Å². The van der Waals surface area contributed by atoms with Crippen LogP contribution in [0.15, 0.2) is 23.0 Å². The van der Waals surface area contributed by atoms with Gasteiger partial charge in [-0.1, -0.05) is 11.6 Å². The van der Waals surface area contributed by atoms with E-state index in [0.717, 1.165) is 34.9 Å². The van der Waals surface area contributed by atoms with Crippen molar-refractivity contribution >= 4 is 10.9 Å². The van der Waals surface area contributed by atoms with Gasteiger partial charge in [0, 0.05) is 5.56 Å². The normalized spacial score (nSPS) is 11.0. The van der Waals surface area contributed by atoms with Gasteiger partial charge in [0.1, 0.15) is 0 Å². The molecule has 3 nitrogen and oxygen atoms in total. The number of nitrogens with two attached hydrogens (primary N) is 1. The molecule has 2 rings (SSSR count). The van der Waals surface area contributed by atoms with Gasteiger partial charge >= 0.3 is 0 Å². The van der Waals surface area contributed by atoms with Gasteiger partial charge in [0.2, 0.25) is 0 Å². The van der Waals surface area contributed by atoms with Gasteiger partial charge in [-0.3, -0.25) is 4.79 Å². The van der Waals surface area contributed by atoms with Crippen LogP contribution in [0, 0.1) is 13.8 Å². The summed E-state index contributed by atoms with van der Waals surface area (Å²) in [5.74, 6) is 0. The number of benzene rings is 1. The third-order valence-corrected chi connectivity index (χ3v) is 3.02. The van der Waals surface area contributed by atoms with Crippen molar-refractivity contribution in [3.8, 4) is 0 Å². The van der Waals surface area contributed by atoms with Gasteiger partial charge in [-0.15, -0.1) is 0 Å². The largest absolute Gasteiger partial charge is 0.330 e. The maximum Gasteiger partial charge on any atom is 0.251 e. The van der Waals surface area contributed by atoms with E-state index in [-0.39, 0.29) is 5.56 Å². The molecular formula is C14H18N2O. The topological polar surface area (TPSA) is 58.9 Å². The number of fused-ring (bicyclic) bond motifs is 1. The first-order valence-electron chi connectivity index (χ1n) is 5.95. The Morgan fingerprint density at radius 3 is 2.71 bits per heavy atom. The molecule has 0 fully saturated rings. The molecule has 0 amide bonds. The molecule has 1 heterocycles. The number of aryl methyl sites for hydroxylation is 3. The number of H-pyrrole nitrogens is 1. The lowest BCUT2D eigenvalue weighted by Gasteiger charge is -2.06. The van der Waals surface area contributed by atoms with Crippen LogP contribution in [0.2, 0.25) is 0 Å². The van der Waals surface area contributed by atoms with Crippen molar-refractivity contribution in [2.75, 3.05) is 6.54 Å². The van der Waals surface area contributed by atoms with Crippen LogP contribution in [-0.4, -0.2) is 11.5 Å². The molecule has 1 aromatic carbocycles. The molecule has 2 aromatic rings. The van der Waals surface area contributed by atoms with Crippen molar-refractivity contribution < 1.29 is 0 Å². The lowest BCUT2D eigenvalue weighted by molar-refractivity contribution is 0.824. The van der Waals surface area contributed by atoms with Gasteiger partial charge < -0.3 is 10.7 Å². The van der Waals surface area contributed by atoms with Crippen molar-refractivity contribution in [2.45, 2.75) is 26.7 Å². The highest BCUT2D eigenvalue weighted by atomic mass is 16.1. The maximum atomic E-state index is 11.9. The summed E-state index contributed by atoms with van der Waals surface area (Å²) in [7, 11) is 0. The zero-order valence-electron chi connectivity index (χ0n) is 10.3. The fourth-order valence-electron chi connectivity index (χ4n) is 2.21. The van der Waals surface area contributed by atoms with E-state index in [2.05, 4.69) is 24.0 Å². The molecular weight excluding hydrogens is 212 g/mol. The number of aromatic amines is 1. The van der Waals surface area contributed by atoms with Gasteiger partial charge in [-0.2, -0.15) is 0 Å². The summed E-state index contributed by atoms with van der Waals surface area (Å²) < 4.78 is 0. The number of hydrogen-bond acceptors (Lipinski definition) is 2. The summed E-state index contributed by atoms with van der Waals surface area (Å²) >= 11 is 0. The number of aromatic nitrogens is 1. The molecule has 3 heteroatoms. The molecule has 0 radical (unpaired) electrons. The van der Waals surface area contributed by atoms with E-state index in [0.29, 0.717) is 6.54 Å². The first kappa shape index (κ1) is 11.9. The first-order valence-corrected chi connectivity index (χ1v) is 5.95. The summed E-state index contributed by atoms with van der Waals surface area (Å²) in [6.07, 6.45) is 1.59. The number of pyridine rings is 1. The monoisotopic (exact) mass is 230 g/mol. The highest BCUT2D eigenvalue weighted by Gasteiger charge is 2.05. The second-order valence-corrected chi connectivity index (χ2v) is 4.56. The highest BCUT2D eigenvalue weighted by molar-refractivity contribution is 5.82. The van der Waals surface area contributed by atoms with E-state index in [1.165, 1.54) is 5.56 Å². The van der Waals surface area contributed by atoms with E-state index >= 15 is 0 Å². The maximum absolute atomic E-state index is 11.9. The zero-order chi connectivity index (χ0) is 12.4. The highest BCUT2D eigenvalue weighted by Crippen LogP contribution is 2.18. The Bertz CT molecular complexity index is 599. The van der Waals surface area contributed by atoms with Crippen LogP contribution in [0.4, 0.5) is 0 Å². The fourth-order valence-corrected chi connectivity index (χ4v) is 2.21. The third kappa shape index (κ3) is 2.39. The van der Waals surface area contributed by atoms with Crippen LogP contribution >= 0.6 is 0 Å². The minimum absolute atomic E-state index is 0.0119. The van der Waals surface area contributed by atoms with E-state index < -0.39 is 0 Å². The zero-order valence-corrected chi connectivity index (χ0v) is 10.3. The molecule has 0 atom stereocenters. The Balaban J connectivity index is 2.59. The summed E-state index contributed by atoms with van der Waals surface area (Å²) in [6, 6.07) is 6.17. The second-order valence-electron chi connectivity index (χ2n) is 4.56. The Morgan fingerprint density at radius 2 is 2.00 bits per heavy atom. The van der Waals surface area contributed by atoms with Crippen LogP contribution in [0.5, 0.6) is 0 Å². The molecule has 3 N–H and O–H groups in total. The van der Waals surface area contributed by atoms with Crippen LogP contribution in [-0.2, 0) is 6.42 Å². The minimum Gasteiger partial charge on any atom is -0.330 e. The lowest BCUT2D eigenvalue weighted by atomic mass is 10.0. The summed E-state index contributed by atoms with van der Waals surface area (Å²) in [5.41, 5.74) is 9.58. The Morgan fingerprint density at radius 1 is 1.24 bits per heavy atom. The van der Waals surface area contributed by atoms with E-state index in [9.17, 15) is 4.79 Å². The van der Waals surface area contributed by atoms with Crippen molar-refractivity contribution in [2.24, 2.45) is 5.73 Å². The molecule has 0 unspecified atom stereocenters. The standard InChI is InChI=1S/C14H18N2O/c1-9-6-10(2)13-12(7-9)8-11(4-3-5-15)14(17)16-13/h6-8H,3-5,15H2,1-2H3,(H,16,17). The molecule has 0 bridgehead atoms. The van der Waals surface area contributed by atoms with Gasteiger partial charge in [0.25, 0.3) is 5.56 Å². The Kier molecular flexibility index (Phi) is 3.29. The molecule has 0 aliphatic carbocycles. The van der Waals surface area contributed by atoms with Crippen LogP contribution in [0.3, 0.4) is 0 Å². The average Bonchev–Trinajstić information content (AvgIpc) is 2.27. The fraction of sp³-hybridized carbons (Fsp3) is 0.357. The van der Waals surface area contributed by atoms with Crippen LogP contribution in [0.1, 0.15) is 23.1 Å². The van der Waals surface area contributed by atoms with Crippen molar-refractivity contribution in [3.63, 3.8) is 0 Å². The number of rotatable bonds is 3. The third-order valence-electron chi connectivity index (χ3n) is 3.02. The number of hydrogen-bond donors (Lipinski definition) is 2. The molecule has 90 valence electrons. The van der Waals surface area contributed by atoms with Gasteiger partial charge in [0.05, 0.1) is 5.52 Å². The smallest absolute Gasteiger partial charge is 0.251 e. The van der Waals surface area contributed by atoms with E-state index in [1.807, 2.05) is 13.0 Å². The quantitative estimate of drug-likeness (QED) is 0.847. The van der Waals surface area contributed by atoms with Gasteiger partial charge in [0.15, 0.2) is 0 Å². The molecule has 0 spiro atoms. The minimum atomic E-state index is 0.0119. The van der Waals surface area contributed by atoms with Gasteiger partial charge in [-0.25, -0.2) is 0 Å². The van der Waals surface area contributed by atoms with Crippen molar-refractivity contribution in [3.05, 3.63) is 45.2 Å². The average molecular weight is 230 g/mol. The predicted octanol–water partition coefficient (Wildman–Crippen LogP) is 2.04. The van der Waals surface area contributed by atoms with Crippen LogP contribution in [0.25, 0.3) is 10.9 Å².